The van der Waals surface area contributed by atoms with Crippen molar-refractivity contribution >= 4 is 34.5 Å². The van der Waals surface area contributed by atoms with E-state index in [4.69, 9.17) is 11.6 Å². The van der Waals surface area contributed by atoms with Crippen LogP contribution in [0, 0.1) is 0 Å². The van der Waals surface area contributed by atoms with Crippen LogP contribution in [0.2, 0.25) is 5.02 Å². The zero-order valence-electron chi connectivity index (χ0n) is 12.0. The fraction of sp³-hybridized carbons (Fsp3) is 0. The summed E-state index contributed by atoms with van der Waals surface area (Å²) in [5.74, 6) is -0.286. The lowest BCUT2D eigenvalue weighted by atomic mass is 10.1. The molecular weight excluding hydrogens is 312 g/mol. The molecule has 0 saturated carbocycles. The predicted molar refractivity (Wildman–Crippen MR) is 92.1 cm³/mol. The molecule has 3 aromatic rings. The van der Waals surface area contributed by atoms with E-state index in [1.165, 1.54) is 6.21 Å². The van der Waals surface area contributed by atoms with Crippen LogP contribution in [-0.4, -0.2) is 17.2 Å². The van der Waals surface area contributed by atoms with Gasteiger partial charge in [0.1, 0.15) is 5.75 Å². The molecule has 1 amide bonds. The second-order valence-corrected chi connectivity index (χ2v) is 5.31. The van der Waals surface area contributed by atoms with Crippen molar-refractivity contribution in [2.24, 2.45) is 5.10 Å². The quantitative estimate of drug-likeness (QED) is 0.566. The summed E-state index contributed by atoms with van der Waals surface area (Å²) in [5.41, 5.74) is 3.26. The Hall–Kier alpha value is -2.85. The van der Waals surface area contributed by atoms with E-state index in [1.54, 1.807) is 30.3 Å². The van der Waals surface area contributed by atoms with E-state index in [2.05, 4.69) is 10.5 Å². The third-order valence-corrected chi connectivity index (χ3v) is 3.75. The van der Waals surface area contributed by atoms with Crippen LogP contribution < -0.4 is 5.43 Å². The van der Waals surface area contributed by atoms with Crippen molar-refractivity contribution in [2.45, 2.75) is 0 Å². The van der Waals surface area contributed by atoms with Crippen molar-refractivity contribution < 1.29 is 9.90 Å². The minimum atomic E-state index is -0.410. The normalized spacial score (nSPS) is 11.0. The molecule has 0 bridgehead atoms. The van der Waals surface area contributed by atoms with Gasteiger partial charge in [-0.15, -0.1) is 0 Å². The van der Waals surface area contributed by atoms with Gasteiger partial charge in [0.2, 0.25) is 0 Å². The second-order valence-electron chi connectivity index (χ2n) is 4.90. The fourth-order valence-electron chi connectivity index (χ4n) is 2.24. The number of rotatable bonds is 3. The number of carbonyl (C=O) groups is 1. The van der Waals surface area contributed by atoms with Gasteiger partial charge in [-0.25, -0.2) is 5.43 Å². The summed E-state index contributed by atoms with van der Waals surface area (Å²) >= 11 is 5.95. The number of hydrazone groups is 1. The van der Waals surface area contributed by atoms with Crippen LogP contribution in [0.3, 0.4) is 0 Å². The molecule has 0 aliphatic carbocycles. The molecule has 0 aromatic heterocycles. The molecule has 5 heteroatoms. The Bertz CT molecular complexity index is 906. The van der Waals surface area contributed by atoms with Gasteiger partial charge in [-0.3, -0.25) is 4.79 Å². The Morgan fingerprint density at radius 3 is 2.61 bits per heavy atom. The summed E-state index contributed by atoms with van der Waals surface area (Å²) in [6.45, 7) is 0. The second kappa shape index (κ2) is 6.50. The lowest BCUT2D eigenvalue weighted by Crippen LogP contribution is -2.17. The summed E-state index contributed by atoms with van der Waals surface area (Å²) in [6, 6.07) is 17.8. The molecule has 2 N–H and O–H groups in total. The van der Waals surface area contributed by atoms with Gasteiger partial charge in [0.25, 0.3) is 5.91 Å². The van der Waals surface area contributed by atoms with Gasteiger partial charge in [0.15, 0.2) is 0 Å². The average Bonchev–Trinajstić information content (AvgIpc) is 2.57. The third kappa shape index (κ3) is 3.17. The number of nitrogens with one attached hydrogen (secondary N) is 1. The van der Waals surface area contributed by atoms with Crippen molar-refractivity contribution in [2.75, 3.05) is 0 Å². The number of fused-ring (bicyclic) bond motifs is 1. The van der Waals surface area contributed by atoms with E-state index in [1.807, 2.05) is 30.3 Å². The summed E-state index contributed by atoms with van der Waals surface area (Å²) < 4.78 is 0. The number of halogens is 1. The highest BCUT2D eigenvalue weighted by Crippen LogP contribution is 2.27. The molecule has 0 aliphatic rings. The SMILES string of the molecule is O=C(N/N=C\c1ccc2ccccc2c1O)c1ccccc1Cl. The van der Waals surface area contributed by atoms with E-state index >= 15 is 0 Å². The topological polar surface area (TPSA) is 61.7 Å². The Morgan fingerprint density at radius 2 is 1.78 bits per heavy atom. The molecule has 4 nitrogen and oxygen atoms in total. The zero-order valence-corrected chi connectivity index (χ0v) is 12.8. The van der Waals surface area contributed by atoms with Gasteiger partial charge >= 0.3 is 0 Å². The monoisotopic (exact) mass is 324 g/mol. The van der Waals surface area contributed by atoms with Gasteiger partial charge in [-0.05, 0) is 23.6 Å². The highest BCUT2D eigenvalue weighted by Gasteiger charge is 2.08. The van der Waals surface area contributed by atoms with Gasteiger partial charge < -0.3 is 5.11 Å². The van der Waals surface area contributed by atoms with Crippen LogP contribution in [0.5, 0.6) is 5.75 Å². The summed E-state index contributed by atoms with van der Waals surface area (Å²) in [7, 11) is 0. The highest BCUT2D eigenvalue weighted by atomic mass is 35.5. The third-order valence-electron chi connectivity index (χ3n) is 3.42. The molecule has 0 unspecified atom stereocenters. The lowest BCUT2D eigenvalue weighted by Gasteiger charge is -2.04. The van der Waals surface area contributed by atoms with Crippen molar-refractivity contribution in [3.05, 3.63) is 76.8 Å². The van der Waals surface area contributed by atoms with E-state index in [0.29, 0.717) is 16.1 Å². The van der Waals surface area contributed by atoms with E-state index in [9.17, 15) is 9.90 Å². The zero-order chi connectivity index (χ0) is 16.2. The summed E-state index contributed by atoms with van der Waals surface area (Å²) in [6.07, 6.45) is 1.40. The number of phenolic OH excluding ortho intramolecular Hbond substituents is 1. The predicted octanol–water partition coefficient (Wildman–Crippen LogP) is 3.96. The van der Waals surface area contributed by atoms with Crippen molar-refractivity contribution in [1.82, 2.24) is 5.43 Å². The number of carbonyl (C=O) groups excluding carboxylic acids is 1. The molecule has 0 spiro atoms. The number of phenols is 1. The number of benzene rings is 3. The Kier molecular flexibility index (Phi) is 4.26. The number of nitrogens with zero attached hydrogens (tertiary/aromatic N) is 1. The van der Waals surface area contributed by atoms with Crippen LogP contribution >= 0.6 is 11.6 Å². The maximum absolute atomic E-state index is 12.0. The van der Waals surface area contributed by atoms with E-state index in [-0.39, 0.29) is 5.75 Å². The Morgan fingerprint density at radius 1 is 1.04 bits per heavy atom. The van der Waals surface area contributed by atoms with Gasteiger partial charge in [0, 0.05) is 10.9 Å². The average molecular weight is 325 g/mol. The van der Waals surface area contributed by atoms with Crippen molar-refractivity contribution in [3.8, 4) is 5.75 Å². The first-order valence-electron chi connectivity index (χ1n) is 6.95. The van der Waals surface area contributed by atoms with Gasteiger partial charge in [-0.2, -0.15) is 5.10 Å². The number of aromatic hydroxyl groups is 1. The van der Waals surface area contributed by atoms with Crippen LogP contribution in [0.15, 0.2) is 65.8 Å². The van der Waals surface area contributed by atoms with Crippen LogP contribution in [0.4, 0.5) is 0 Å². The first-order valence-corrected chi connectivity index (χ1v) is 7.33. The molecule has 23 heavy (non-hydrogen) atoms. The molecule has 0 saturated heterocycles. The number of amides is 1. The van der Waals surface area contributed by atoms with Crippen molar-refractivity contribution in [1.29, 1.82) is 0 Å². The van der Waals surface area contributed by atoms with Crippen LogP contribution in [0.25, 0.3) is 10.8 Å². The van der Waals surface area contributed by atoms with E-state index < -0.39 is 5.91 Å². The molecule has 0 aliphatic heterocycles. The van der Waals surface area contributed by atoms with Gasteiger partial charge in [-0.1, -0.05) is 54.1 Å². The lowest BCUT2D eigenvalue weighted by molar-refractivity contribution is 0.0955. The largest absolute Gasteiger partial charge is 0.507 e. The molecule has 114 valence electrons. The highest BCUT2D eigenvalue weighted by molar-refractivity contribution is 6.33. The summed E-state index contributed by atoms with van der Waals surface area (Å²) in [5, 5.41) is 16.2. The molecule has 3 rings (SSSR count). The van der Waals surface area contributed by atoms with Gasteiger partial charge in [0.05, 0.1) is 16.8 Å². The maximum atomic E-state index is 12.0. The molecule has 0 heterocycles. The first kappa shape index (κ1) is 15.1. The van der Waals surface area contributed by atoms with Crippen LogP contribution in [-0.2, 0) is 0 Å². The fourth-order valence-corrected chi connectivity index (χ4v) is 2.46. The number of hydrogen-bond acceptors (Lipinski definition) is 3. The Labute approximate surface area is 138 Å². The first-order chi connectivity index (χ1) is 11.2. The molecule has 0 fully saturated rings. The molecule has 0 radical (unpaired) electrons. The smallest absolute Gasteiger partial charge is 0.272 e. The Balaban J connectivity index is 1.80. The number of hydrogen-bond donors (Lipinski definition) is 2. The standard InChI is InChI=1S/C18H13ClN2O2/c19-16-8-4-3-7-15(16)18(23)21-20-11-13-10-9-12-5-1-2-6-14(12)17(13)22/h1-11,22H,(H,21,23)/b20-11-. The summed E-state index contributed by atoms with van der Waals surface area (Å²) in [4.78, 5) is 12.0. The van der Waals surface area contributed by atoms with E-state index in [0.717, 1.165) is 10.8 Å². The molecular formula is C18H13ClN2O2. The van der Waals surface area contributed by atoms with Crippen molar-refractivity contribution in [3.63, 3.8) is 0 Å². The molecule has 3 aromatic carbocycles. The minimum Gasteiger partial charge on any atom is -0.507 e. The maximum Gasteiger partial charge on any atom is 0.272 e. The van der Waals surface area contributed by atoms with Crippen LogP contribution in [0.1, 0.15) is 15.9 Å². The minimum absolute atomic E-state index is 0.124. The molecule has 0 atom stereocenters.